The highest BCUT2D eigenvalue weighted by Crippen LogP contribution is 2.37. The van der Waals surface area contributed by atoms with Crippen molar-refractivity contribution in [2.75, 3.05) is 21.3 Å². The second-order valence-corrected chi connectivity index (χ2v) is 6.74. The van der Waals surface area contributed by atoms with Gasteiger partial charge in [0.05, 0.1) is 32.8 Å². The molecule has 6 nitrogen and oxygen atoms in total. The van der Waals surface area contributed by atoms with Crippen LogP contribution in [0.2, 0.25) is 0 Å². The standard InChI is InChI=1S/C23H26O6/c1-6-7-14(2)28-23-21(24)17-10-9-16(25-3)13-19(17)29-22(23)15-8-11-18(26-4)20(12-15)27-5/h8-14H,6-7H2,1-5H3. The predicted octanol–water partition coefficient (Wildman–Crippen LogP) is 5.05. The minimum Gasteiger partial charge on any atom is -0.497 e. The summed E-state index contributed by atoms with van der Waals surface area (Å²) in [7, 11) is 4.70. The van der Waals surface area contributed by atoms with Crippen molar-refractivity contribution in [2.24, 2.45) is 0 Å². The average Bonchev–Trinajstić information content (AvgIpc) is 2.74. The van der Waals surface area contributed by atoms with Gasteiger partial charge in [-0.15, -0.1) is 0 Å². The Morgan fingerprint density at radius 1 is 0.966 bits per heavy atom. The Morgan fingerprint density at radius 2 is 1.72 bits per heavy atom. The van der Waals surface area contributed by atoms with Gasteiger partial charge in [0.1, 0.15) is 11.3 Å². The summed E-state index contributed by atoms with van der Waals surface area (Å²) >= 11 is 0. The number of ether oxygens (including phenoxy) is 4. The van der Waals surface area contributed by atoms with Crippen LogP contribution in [0.25, 0.3) is 22.3 Å². The van der Waals surface area contributed by atoms with Crippen LogP contribution >= 0.6 is 0 Å². The maximum absolute atomic E-state index is 13.3. The van der Waals surface area contributed by atoms with Gasteiger partial charge in [-0.1, -0.05) is 13.3 Å². The van der Waals surface area contributed by atoms with Crippen LogP contribution in [0.5, 0.6) is 23.0 Å². The first kappa shape index (κ1) is 20.6. The third-order valence-corrected chi connectivity index (χ3v) is 4.72. The van der Waals surface area contributed by atoms with Gasteiger partial charge in [0.15, 0.2) is 17.3 Å². The quantitative estimate of drug-likeness (QED) is 0.529. The number of benzene rings is 2. The van der Waals surface area contributed by atoms with E-state index in [1.54, 1.807) is 51.7 Å². The van der Waals surface area contributed by atoms with Gasteiger partial charge in [-0.3, -0.25) is 4.79 Å². The third kappa shape index (κ3) is 4.16. The lowest BCUT2D eigenvalue weighted by Crippen LogP contribution is -2.18. The molecule has 0 spiro atoms. The first-order chi connectivity index (χ1) is 14.0. The van der Waals surface area contributed by atoms with E-state index in [4.69, 9.17) is 23.4 Å². The van der Waals surface area contributed by atoms with Crippen molar-refractivity contribution in [1.82, 2.24) is 0 Å². The van der Waals surface area contributed by atoms with Crippen LogP contribution in [0.4, 0.5) is 0 Å². The predicted molar refractivity (Wildman–Crippen MR) is 113 cm³/mol. The number of hydrogen-bond acceptors (Lipinski definition) is 6. The lowest BCUT2D eigenvalue weighted by atomic mass is 10.1. The van der Waals surface area contributed by atoms with Gasteiger partial charge in [0.2, 0.25) is 11.2 Å². The van der Waals surface area contributed by atoms with Crippen LogP contribution in [-0.2, 0) is 0 Å². The molecule has 3 rings (SSSR count). The molecule has 0 N–H and O–H groups in total. The molecule has 0 bridgehead atoms. The number of fused-ring (bicyclic) bond motifs is 1. The minimum atomic E-state index is -0.221. The number of methoxy groups -OCH3 is 3. The highest BCUT2D eigenvalue weighted by molar-refractivity contribution is 5.83. The maximum atomic E-state index is 13.3. The van der Waals surface area contributed by atoms with Crippen molar-refractivity contribution in [3.8, 4) is 34.3 Å². The molecule has 0 radical (unpaired) electrons. The second-order valence-electron chi connectivity index (χ2n) is 6.74. The molecule has 0 aliphatic carbocycles. The Bertz CT molecular complexity index is 1050. The summed E-state index contributed by atoms with van der Waals surface area (Å²) in [6.07, 6.45) is 1.64. The van der Waals surface area contributed by atoms with Crippen molar-refractivity contribution in [3.63, 3.8) is 0 Å². The molecule has 0 fully saturated rings. The molecular formula is C23H26O6. The molecule has 0 saturated carbocycles. The van der Waals surface area contributed by atoms with Crippen molar-refractivity contribution in [1.29, 1.82) is 0 Å². The van der Waals surface area contributed by atoms with Gasteiger partial charge in [-0.05, 0) is 43.7 Å². The molecule has 1 unspecified atom stereocenters. The lowest BCUT2D eigenvalue weighted by Gasteiger charge is -2.17. The average molecular weight is 398 g/mol. The molecule has 1 atom stereocenters. The first-order valence-corrected chi connectivity index (χ1v) is 9.56. The minimum absolute atomic E-state index is 0.127. The summed E-state index contributed by atoms with van der Waals surface area (Å²) in [4.78, 5) is 13.3. The van der Waals surface area contributed by atoms with Crippen LogP contribution in [0.3, 0.4) is 0 Å². The summed E-state index contributed by atoms with van der Waals surface area (Å²) in [6, 6.07) is 10.5. The highest BCUT2D eigenvalue weighted by atomic mass is 16.5. The van der Waals surface area contributed by atoms with E-state index in [1.807, 2.05) is 13.0 Å². The van der Waals surface area contributed by atoms with Gasteiger partial charge < -0.3 is 23.4 Å². The molecule has 29 heavy (non-hydrogen) atoms. The SMILES string of the molecule is CCCC(C)Oc1c(-c2ccc(OC)c(OC)c2)oc2cc(OC)ccc2c1=O. The lowest BCUT2D eigenvalue weighted by molar-refractivity contribution is 0.205. The van der Waals surface area contributed by atoms with Crippen LogP contribution in [-0.4, -0.2) is 27.4 Å². The molecule has 0 amide bonds. The fourth-order valence-corrected chi connectivity index (χ4v) is 3.22. The fourth-order valence-electron chi connectivity index (χ4n) is 3.22. The van der Waals surface area contributed by atoms with Gasteiger partial charge in [0.25, 0.3) is 0 Å². The molecule has 1 heterocycles. The Morgan fingerprint density at radius 3 is 2.38 bits per heavy atom. The van der Waals surface area contributed by atoms with E-state index in [0.29, 0.717) is 39.5 Å². The molecular weight excluding hydrogens is 372 g/mol. The summed E-state index contributed by atoms with van der Waals surface area (Å²) in [5, 5.41) is 0.439. The molecule has 2 aromatic carbocycles. The summed E-state index contributed by atoms with van der Waals surface area (Å²) in [5.74, 6) is 2.26. The van der Waals surface area contributed by atoms with Gasteiger partial charge in [0, 0.05) is 11.6 Å². The van der Waals surface area contributed by atoms with Crippen molar-refractivity contribution in [2.45, 2.75) is 32.8 Å². The molecule has 1 aromatic heterocycles. The highest BCUT2D eigenvalue weighted by Gasteiger charge is 2.21. The van der Waals surface area contributed by atoms with Crippen LogP contribution < -0.4 is 24.4 Å². The first-order valence-electron chi connectivity index (χ1n) is 9.56. The zero-order chi connectivity index (χ0) is 21.0. The van der Waals surface area contributed by atoms with E-state index < -0.39 is 0 Å². The zero-order valence-corrected chi connectivity index (χ0v) is 17.4. The monoisotopic (exact) mass is 398 g/mol. The van der Waals surface area contributed by atoms with E-state index in [2.05, 4.69) is 6.92 Å². The number of hydrogen-bond donors (Lipinski definition) is 0. The van der Waals surface area contributed by atoms with Gasteiger partial charge in [-0.25, -0.2) is 0 Å². The Balaban J connectivity index is 2.25. The topological polar surface area (TPSA) is 67.1 Å². The Hall–Kier alpha value is -3.15. The second kappa shape index (κ2) is 8.90. The van der Waals surface area contributed by atoms with Gasteiger partial charge >= 0.3 is 0 Å². The van der Waals surface area contributed by atoms with Crippen molar-refractivity contribution < 1.29 is 23.4 Å². The van der Waals surface area contributed by atoms with E-state index in [-0.39, 0.29) is 17.3 Å². The number of rotatable bonds is 8. The molecule has 6 heteroatoms. The summed E-state index contributed by atoms with van der Waals surface area (Å²) in [6.45, 7) is 4.02. The van der Waals surface area contributed by atoms with Crippen molar-refractivity contribution in [3.05, 3.63) is 46.6 Å². The van der Waals surface area contributed by atoms with Crippen LogP contribution in [0, 0.1) is 0 Å². The van der Waals surface area contributed by atoms with E-state index in [1.165, 1.54) is 0 Å². The maximum Gasteiger partial charge on any atom is 0.235 e. The van der Waals surface area contributed by atoms with Crippen molar-refractivity contribution >= 4 is 11.0 Å². The fraction of sp³-hybridized carbons (Fsp3) is 0.348. The molecule has 154 valence electrons. The summed E-state index contributed by atoms with van der Waals surface area (Å²) < 4.78 is 28.2. The third-order valence-electron chi connectivity index (χ3n) is 4.72. The van der Waals surface area contributed by atoms with Crippen LogP contribution in [0.1, 0.15) is 26.7 Å². The Labute approximate surface area is 170 Å². The molecule has 0 aliphatic heterocycles. The Kier molecular flexibility index (Phi) is 6.32. The normalized spacial score (nSPS) is 11.9. The summed E-state index contributed by atoms with van der Waals surface area (Å²) in [5.41, 5.74) is 0.861. The zero-order valence-electron chi connectivity index (χ0n) is 17.4. The van der Waals surface area contributed by atoms with Crippen LogP contribution in [0.15, 0.2) is 45.6 Å². The van der Waals surface area contributed by atoms with Gasteiger partial charge in [-0.2, -0.15) is 0 Å². The molecule has 3 aromatic rings. The smallest absolute Gasteiger partial charge is 0.235 e. The van der Waals surface area contributed by atoms with E-state index in [9.17, 15) is 4.79 Å². The van der Waals surface area contributed by atoms with E-state index >= 15 is 0 Å². The van der Waals surface area contributed by atoms with E-state index in [0.717, 1.165) is 12.8 Å². The molecule has 0 aliphatic rings. The molecule has 0 saturated heterocycles. The largest absolute Gasteiger partial charge is 0.497 e.